The fraction of sp³-hybridized carbons (Fsp3) is 0.600. The van der Waals surface area contributed by atoms with E-state index in [0.717, 1.165) is 24.5 Å². The molecule has 5 heteroatoms. The molecule has 1 aromatic heterocycles. The zero-order valence-corrected chi connectivity index (χ0v) is 11.8. The monoisotopic (exact) mass is 276 g/mol. The molecule has 0 spiro atoms. The fourth-order valence-electron chi connectivity index (χ4n) is 2.48. The molecular formula is C15H20N2O3. The smallest absolute Gasteiger partial charge is 0.359 e. The van der Waals surface area contributed by atoms with E-state index in [-0.39, 0.29) is 5.97 Å². The molecule has 1 saturated heterocycles. The quantitative estimate of drug-likeness (QED) is 0.787. The van der Waals surface area contributed by atoms with Gasteiger partial charge in [0.05, 0.1) is 25.5 Å². The molecule has 0 unspecified atom stereocenters. The van der Waals surface area contributed by atoms with Gasteiger partial charge < -0.3 is 14.4 Å². The number of rotatable bonds is 4. The summed E-state index contributed by atoms with van der Waals surface area (Å²) in [6.07, 6.45) is 2.35. The van der Waals surface area contributed by atoms with Crippen LogP contribution in [0.25, 0.3) is 0 Å². The zero-order valence-electron chi connectivity index (χ0n) is 11.8. The first-order valence-corrected chi connectivity index (χ1v) is 7.30. The summed E-state index contributed by atoms with van der Waals surface area (Å²) in [4.78, 5) is 18.9. The van der Waals surface area contributed by atoms with Gasteiger partial charge in [-0.1, -0.05) is 0 Å². The lowest BCUT2D eigenvalue weighted by molar-refractivity contribution is 0.0519. The molecule has 0 N–H and O–H groups in total. The first-order valence-electron chi connectivity index (χ1n) is 7.30. The van der Waals surface area contributed by atoms with Crippen LogP contribution in [0, 0.1) is 0 Å². The molecule has 2 fully saturated rings. The number of carbonyl (C=O) groups excluding carboxylic acids is 1. The van der Waals surface area contributed by atoms with E-state index in [4.69, 9.17) is 9.47 Å². The summed E-state index contributed by atoms with van der Waals surface area (Å²) in [5.41, 5.74) is 2.35. The van der Waals surface area contributed by atoms with Gasteiger partial charge in [-0.3, -0.25) is 0 Å². The van der Waals surface area contributed by atoms with Crippen molar-refractivity contribution in [2.45, 2.75) is 25.7 Å². The van der Waals surface area contributed by atoms with E-state index in [0.29, 0.717) is 31.4 Å². The third kappa shape index (κ3) is 2.77. The lowest BCUT2D eigenvalue weighted by atomic mass is 10.2. The van der Waals surface area contributed by atoms with E-state index in [1.54, 1.807) is 0 Å². The van der Waals surface area contributed by atoms with Crippen molar-refractivity contribution < 1.29 is 14.3 Å². The van der Waals surface area contributed by atoms with Crippen LogP contribution in [0.1, 0.15) is 41.9 Å². The average molecular weight is 276 g/mol. The third-order valence-corrected chi connectivity index (χ3v) is 3.71. The first kappa shape index (κ1) is 13.4. The maximum absolute atomic E-state index is 12.2. The van der Waals surface area contributed by atoms with Crippen molar-refractivity contribution in [2.75, 3.05) is 37.8 Å². The molecule has 0 bridgehead atoms. The van der Waals surface area contributed by atoms with Crippen molar-refractivity contribution in [1.82, 2.24) is 4.98 Å². The molecule has 108 valence electrons. The number of pyridine rings is 1. The van der Waals surface area contributed by atoms with Crippen LogP contribution >= 0.6 is 0 Å². The van der Waals surface area contributed by atoms with Crippen LogP contribution in [-0.4, -0.2) is 43.9 Å². The molecule has 0 atom stereocenters. The highest BCUT2D eigenvalue weighted by Gasteiger charge is 2.28. The molecule has 1 aromatic rings. The van der Waals surface area contributed by atoms with Gasteiger partial charge in [-0.15, -0.1) is 0 Å². The predicted molar refractivity (Wildman–Crippen MR) is 75.2 cm³/mol. The number of carbonyl (C=O) groups is 1. The van der Waals surface area contributed by atoms with Gasteiger partial charge in [0.25, 0.3) is 0 Å². The number of aromatic nitrogens is 1. The van der Waals surface area contributed by atoms with Crippen molar-refractivity contribution in [2.24, 2.45) is 0 Å². The maximum atomic E-state index is 12.2. The summed E-state index contributed by atoms with van der Waals surface area (Å²) >= 11 is 0. The van der Waals surface area contributed by atoms with Crippen LogP contribution in [0.5, 0.6) is 0 Å². The van der Waals surface area contributed by atoms with E-state index in [9.17, 15) is 4.79 Å². The number of anilines is 1. The molecule has 0 amide bonds. The molecule has 2 aliphatic rings. The highest BCUT2D eigenvalue weighted by molar-refractivity contribution is 5.93. The summed E-state index contributed by atoms with van der Waals surface area (Å²) < 4.78 is 10.5. The molecule has 0 radical (unpaired) electrons. The Morgan fingerprint density at radius 1 is 1.40 bits per heavy atom. The van der Waals surface area contributed by atoms with Gasteiger partial charge in [-0.25, -0.2) is 9.78 Å². The van der Waals surface area contributed by atoms with Gasteiger partial charge in [0.1, 0.15) is 0 Å². The first-order chi connectivity index (χ1) is 9.79. The molecule has 3 rings (SSSR count). The predicted octanol–water partition coefficient (Wildman–Crippen LogP) is 1.97. The Balaban J connectivity index is 1.91. The van der Waals surface area contributed by atoms with Crippen molar-refractivity contribution >= 4 is 11.7 Å². The molecule has 1 aliphatic heterocycles. The van der Waals surface area contributed by atoms with Crippen LogP contribution in [0.4, 0.5) is 5.69 Å². The Morgan fingerprint density at radius 3 is 2.80 bits per heavy atom. The molecule has 1 saturated carbocycles. The van der Waals surface area contributed by atoms with Gasteiger partial charge >= 0.3 is 5.97 Å². The van der Waals surface area contributed by atoms with E-state index in [2.05, 4.69) is 9.88 Å². The van der Waals surface area contributed by atoms with Crippen LogP contribution in [0.3, 0.4) is 0 Å². The second kappa shape index (κ2) is 5.79. The number of morpholine rings is 1. The highest BCUT2D eigenvalue weighted by atomic mass is 16.5. The molecule has 2 heterocycles. The topological polar surface area (TPSA) is 51.7 Å². The van der Waals surface area contributed by atoms with Gasteiger partial charge in [0, 0.05) is 24.7 Å². The normalized spacial score (nSPS) is 18.9. The minimum atomic E-state index is -0.323. The SMILES string of the molecule is CCOC(=O)c1nc(C2CC2)ccc1N1CCOCC1. The zero-order chi connectivity index (χ0) is 13.9. The highest BCUT2D eigenvalue weighted by Crippen LogP contribution is 2.40. The Bertz CT molecular complexity index is 494. The standard InChI is InChI=1S/C15H20N2O3/c1-2-20-15(18)14-13(17-7-9-19-10-8-17)6-5-12(16-14)11-3-4-11/h5-6,11H,2-4,7-10H2,1H3. The number of ether oxygens (including phenoxy) is 2. The van der Waals surface area contributed by atoms with E-state index < -0.39 is 0 Å². The number of hydrogen-bond acceptors (Lipinski definition) is 5. The lowest BCUT2D eigenvalue weighted by Gasteiger charge is -2.29. The fourth-order valence-corrected chi connectivity index (χ4v) is 2.48. The van der Waals surface area contributed by atoms with Gasteiger partial charge in [0.2, 0.25) is 0 Å². The van der Waals surface area contributed by atoms with E-state index >= 15 is 0 Å². The molecule has 20 heavy (non-hydrogen) atoms. The minimum absolute atomic E-state index is 0.323. The van der Waals surface area contributed by atoms with E-state index in [1.807, 2.05) is 19.1 Å². The number of hydrogen-bond donors (Lipinski definition) is 0. The molecule has 5 nitrogen and oxygen atoms in total. The van der Waals surface area contributed by atoms with Crippen molar-refractivity contribution in [1.29, 1.82) is 0 Å². The lowest BCUT2D eigenvalue weighted by Crippen LogP contribution is -2.37. The molecular weight excluding hydrogens is 256 g/mol. The van der Waals surface area contributed by atoms with E-state index in [1.165, 1.54) is 12.8 Å². The summed E-state index contributed by atoms with van der Waals surface area (Å²) in [7, 11) is 0. The number of esters is 1. The van der Waals surface area contributed by atoms with Crippen LogP contribution in [0.15, 0.2) is 12.1 Å². The van der Waals surface area contributed by atoms with Gasteiger partial charge in [-0.05, 0) is 31.9 Å². The van der Waals surface area contributed by atoms with Crippen molar-refractivity contribution in [3.05, 3.63) is 23.5 Å². The summed E-state index contributed by atoms with van der Waals surface area (Å²) in [6.45, 7) is 5.14. The Morgan fingerprint density at radius 2 is 2.15 bits per heavy atom. The summed E-state index contributed by atoms with van der Waals surface area (Å²) in [5.74, 6) is 0.207. The van der Waals surface area contributed by atoms with Crippen molar-refractivity contribution in [3.8, 4) is 0 Å². The van der Waals surface area contributed by atoms with Crippen LogP contribution in [0.2, 0.25) is 0 Å². The van der Waals surface area contributed by atoms with Gasteiger partial charge in [0.15, 0.2) is 5.69 Å². The minimum Gasteiger partial charge on any atom is -0.461 e. The van der Waals surface area contributed by atoms with Crippen molar-refractivity contribution in [3.63, 3.8) is 0 Å². The largest absolute Gasteiger partial charge is 0.461 e. The average Bonchev–Trinajstić information content (AvgIpc) is 3.32. The molecule has 1 aliphatic carbocycles. The second-order valence-corrected chi connectivity index (χ2v) is 5.20. The molecule has 0 aromatic carbocycles. The van der Waals surface area contributed by atoms with Crippen LogP contribution < -0.4 is 4.90 Å². The second-order valence-electron chi connectivity index (χ2n) is 5.20. The Kier molecular flexibility index (Phi) is 3.87. The number of nitrogens with zero attached hydrogens (tertiary/aromatic N) is 2. The van der Waals surface area contributed by atoms with Gasteiger partial charge in [-0.2, -0.15) is 0 Å². The Hall–Kier alpha value is -1.62. The summed E-state index contributed by atoms with van der Waals surface area (Å²) in [6, 6.07) is 4.06. The summed E-state index contributed by atoms with van der Waals surface area (Å²) in [5, 5.41) is 0. The Labute approximate surface area is 118 Å². The maximum Gasteiger partial charge on any atom is 0.359 e. The van der Waals surface area contributed by atoms with Crippen LogP contribution in [-0.2, 0) is 9.47 Å². The third-order valence-electron chi connectivity index (χ3n) is 3.71.